The Morgan fingerprint density at radius 1 is 1.56 bits per heavy atom. The van der Waals surface area contributed by atoms with E-state index in [1.54, 1.807) is 17.9 Å². The molecule has 1 amide bonds. The second kappa shape index (κ2) is 4.34. The van der Waals surface area contributed by atoms with Gasteiger partial charge in [0.15, 0.2) is 5.69 Å². The fraction of sp³-hybridized carbons (Fsp3) is 0.500. The first kappa shape index (κ1) is 10.7. The number of likely N-dealkylation sites (tertiary alicyclic amines) is 1. The van der Waals surface area contributed by atoms with Crippen molar-refractivity contribution in [2.45, 2.75) is 19.8 Å². The molecule has 2 heterocycles. The highest BCUT2D eigenvalue weighted by atomic mass is 16.5. The van der Waals surface area contributed by atoms with Crippen LogP contribution in [0, 0.1) is 6.92 Å². The summed E-state index contributed by atoms with van der Waals surface area (Å²) in [5.41, 5.74) is 1.07. The molecule has 0 saturated carbocycles. The summed E-state index contributed by atoms with van der Waals surface area (Å²) in [6.07, 6.45) is 1.22. The average molecular weight is 223 g/mol. The lowest BCUT2D eigenvalue weighted by Crippen LogP contribution is -2.38. The van der Waals surface area contributed by atoms with Crippen LogP contribution in [0.2, 0.25) is 0 Å². The largest absolute Gasteiger partial charge is 0.411 e. The summed E-state index contributed by atoms with van der Waals surface area (Å²) < 4.78 is 4.86. The zero-order valence-electron chi connectivity index (χ0n) is 9.01. The lowest BCUT2D eigenvalue weighted by Gasteiger charge is -2.26. The van der Waals surface area contributed by atoms with E-state index >= 15 is 0 Å². The quantitative estimate of drug-likeness (QED) is 0.570. The fourth-order valence-electron chi connectivity index (χ4n) is 1.70. The van der Waals surface area contributed by atoms with Crippen molar-refractivity contribution in [3.8, 4) is 0 Å². The van der Waals surface area contributed by atoms with Gasteiger partial charge in [0, 0.05) is 32.0 Å². The van der Waals surface area contributed by atoms with E-state index in [1.165, 1.54) is 0 Å². The molecule has 16 heavy (non-hydrogen) atoms. The van der Waals surface area contributed by atoms with Gasteiger partial charge in [0.05, 0.1) is 5.71 Å². The fourth-order valence-corrected chi connectivity index (χ4v) is 1.70. The molecule has 0 unspecified atom stereocenters. The Bertz CT molecular complexity index is 415. The lowest BCUT2D eigenvalue weighted by atomic mass is 10.1. The molecule has 0 radical (unpaired) electrons. The van der Waals surface area contributed by atoms with Crippen molar-refractivity contribution in [3.63, 3.8) is 0 Å². The first-order valence-corrected chi connectivity index (χ1v) is 5.13. The minimum absolute atomic E-state index is 0.131. The monoisotopic (exact) mass is 223 g/mol. The number of hydrogen-bond donors (Lipinski definition) is 1. The summed E-state index contributed by atoms with van der Waals surface area (Å²) in [6.45, 7) is 2.87. The van der Waals surface area contributed by atoms with E-state index in [4.69, 9.17) is 9.73 Å². The van der Waals surface area contributed by atoms with Crippen molar-refractivity contribution < 1.29 is 14.5 Å². The number of rotatable bonds is 1. The van der Waals surface area contributed by atoms with Gasteiger partial charge in [-0.3, -0.25) is 4.79 Å². The number of amides is 1. The van der Waals surface area contributed by atoms with Crippen LogP contribution in [0.5, 0.6) is 0 Å². The van der Waals surface area contributed by atoms with Gasteiger partial charge in [-0.1, -0.05) is 10.3 Å². The van der Waals surface area contributed by atoms with Crippen LogP contribution in [0.15, 0.2) is 15.7 Å². The number of aryl methyl sites for hydroxylation is 1. The van der Waals surface area contributed by atoms with E-state index in [-0.39, 0.29) is 5.91 Å². The first-order valence-electron chi connectivity index (χ1n) is 5.13. The van der Waals surface area contributed by atoms with E-state index in [0.29, 0.717) is 37.4 Å². The van der Waals surface area contributed by atoms with Crippen LogP contribution in [-0.2, 0) is 0 Å². The number of carbonyl (C=O) groups is 1. The van der Waals surface area contributed by atoms with E-state index in [1.807, 2.05) is 0 Å². The molecule has 0 aliphatic carbocycles. The number of nitrogens with zero attached hydrogens (tertiary/aromatic N) is 3. The molecule has 1 N–H and O–H groups in total. The molecule has 0 atom stereocenters. The Labute approximate surface area is 92.5 Å². The molecule has 0 bridgehead atoms. The summed E-state index contributed by atoms with van der Waals surface area (Å²) in [6, 6.07) is 1.62. The maximum atomic E-state index is 11.9. The van der Waals surface area contributed by atoms with Crippen molar-refractivity contribution in [2.75, 3.05) is 13.1 Å². The van der Waals surface area contributed by atoms with Crippen LogP contribution in [0.3, 0.4) is 0 Å². The predicted octanol–water partition coefficient (Wildman–Crippen LogP) is 1.05. The van der Waals surface area contributed by atoms with Crippen LogP contribution < -0.4 is 0 Å². The summed E-state index contributed by atoms with van der Waals surface area (Å²) >= 11 is 0. The summed E-state index contributed by atoms with van der Waals surface area (Å²) in [5.74, 6) is 0.492. The maximum absolute atomic E-state index is 11.9. The Balaban J connectivity index is 2.02. The predicted molar refractivity (Wildman–Crippen MR) is 55.6 cm³/mol. The number of aromatic nitrogens is 1. The zero-order valence-corrected chi connectivity index (χ0v) is 9.01. The highest BCUT2D eigenvalue weighted by Crippen LogP contribution is 2.12. The highest BCUT2D eigenvalue weighted by molar-refractivity contribution is 5.94. The standard InChI is InChI=1S/C10H13N3O3/c1-7-6-9(12-16-7)10(14)13-4-2-8(11-15)3-5-13/h6,15H,2-5H2,1H3. The summed E-state index contributed by atoms with van der Waals surface area (Å²) in [5, 5.41) is 15.4. The van der Waals surface area contributed by atoms with Crippen molar-refractivity contribution in [2.24, 2.45) is 5.16 Å². The molecule has 1 fully saturated rings. The highest BCUT2D eigenvalue weighted by Gasteiger charge is 2.23. The number of hydrogen-bond acceptors (Lipinski definition) is 5. The second-order valence-corrected chi connectivity index (χ2v) is 3.78. The zero-order chi connectivity index (χ0) is 11.5. The Morgan fingerprint density at radius 3 is 2.75 bits per heavy atom. The molecular weight excluding hydrogens is 210 g/mol. The van der Waals surface area contributed by atoms with Crippen LogP contribution in [0.1, 0.15) is 29.1 Å². The molecular formula is C10H13N3O3. The molecule has 6 heteroatoms. The molecule has 1 aromatic heterocycles. The molecule has 1 saturated heterocycles. The molecule has 0 spiro atoms. The third-order valence-corrected chi connectivity index (χ3v) is 2.62. The topological polar surface area (TPSA) is 78.9 Å². The molecule has 1 aliphatic heterocycles. The van der Waals surface area contributed by atoms with Crippen LogP contribution in [-0.4, -0.2) is 40.0 Å². The Hall–Kier alpha value is -1.85. The summed E-state index contributed by atoms with van der Waals surface area (Å²) in [7, 11) is 0. The maximum Gasteiger partial charge on any atom is 0.276 e. The Morgan fingerprint density at radius 2 is 2.25 bits per heavy atom. The van der Waals surface area contributed by atoms with Crippen molar-refractivity contribution >= 4 is 11.6 Å². The van der Waals surface area contributed by atoms with Gasteiger partial charge in [-0.25, -0.2) is 0 Å². The van der Waals surface area contributed by atoms with E-state index in [0.717, 1.165) is 5.71 Å². The van der Waals surface area contributed by atoms with Gasteiger partial charge in [0.25, 0.3) is 5.91 Å². The minimum atomic E-state index is -0.131. The van der Waals surface area contributed by atoms with Crippen LogP contribution >= 0.6 is 0 Å². The molecule has 0 aromatic carbocycles. The smallest absolute Gasteiger partial charge is 0.276 e. The average Bonchev–Trinajstić information content (AvgIpc) is 2.75. The Kier molecular flexibility index (Phi) is 2.89. The third-order valence-electron chi connectivity index (χ3n) is 2.62. The van der Waals surface area contributed by atoms with E-state index in [2.05, 4.69) is 10.3 Å². The number of carbonyl (C=O) groups excluding carboxylic acids is 1. The van der Waals surface area contributed by atoms with Crippen LogP contribution in [0.25, 0.3) is 0 Å². The molecule has 1 aliphatic rings. The lowest BCUT2D eigenvalue weighted by molar-refractivity contribution is 0.0743. The summed E-state index contributed by atoms with van der Waals surface area (Å²) in [4.78, 5) is 13.6. The normalized spacial score (nSPS) is 16.3. The molecule has 6 nitrogen and oxygen atoms in total. The first-order chi connectivity index (χ1) is 7.70. The molecule has 2 rings (SSSR count). The van der Waals surface area contributed by atoms with Gasteiger partial charge in [0.1, 0.15) is 5.76 Å². The van der Waals surface area contributed by atoms with Gasteiger partial charge in [-0.2, -0.15) is 0 Å². The molecule has 86 valence electrons. The van der Waals surface area contributed by atoms with E-state index < -0.39 is 0 Å². The third kappa shape index (κ3) is 2.05. The number of oxime groups is 1. The van der Waals surface area contributed by atoms with E-state index in [9.17, 15) is 4.79 Å². The van der Waals surface area contributed by atoms with Gasteiger partial charge in [0.2, 0.25) is 0 Å². The second-order valence-electron chi connectivity index (χ2n) is 3.78. The van der Waals surface area contributed by atoms with Crippen molar-refractivity contribution in [3.05, 3.63) is 17.5 Å². The number of piperidine rings is 1. The van der Waals surface area contributed by atoms with Crippen molar-refractivity contribution in [1.29, 1.82) is 0 Å². The van der Waals surface area contributed by atoms with Crippen molar-refractivity contribution in [1.82, 2.24) is 10.1 Å². The SMILES string of the molecule is Cc1cc(C(=O)N2CCC(=NO)CC2)no1. The minimum Gasteiger partial charge on any atom is -0.411 e. The van der Waals surface area contributed by atoms with Gasteiger partial charge in [-0.05, 0) is 6.92 Å². The molecule has 1 aromatic rings. The van der Waals surface area contributed by atoms with Gasteiger partial charge < -0.3 is 14.6 Å². The van der Waals surface area contributed by atoms with Crippen LogP contribution in [0.4, 0.5) is 0 Å². The van der Waals surface area contributed by atoms with Gasteiger partial charge in [-0.15, -0.1) is 0 Å². The van der Waals surface area contributed by atoms with Gasteiger partial charge >= 0.3 is 0 Å².